The van der Waals surface area contributed by atoms with Crippen LogP contribution in [0.1, 0.15) is 30.4 Å². The van der Waals surface area contributed by atoms with Crippen LogP contribution in [0.4, 0.5) is 6.01 Å². The minimum absolute atomic E-state index is 0.351. The third kappa shape index (κ3) is 2.99. The van der Waals surface area contributed by atoms with Gasteiger partial charge in [0.2, 0.25) is 5.89 Å². The van der Waals surface area contributed by atoms with Crippen molar-refractivity contribution in [3.63, 3.8) is 0 Å². The van der Waals surface area contributed by atoms with Gasteiger partial charge in [-0.2, -0.15) is 0 Å². The van der Waals surface area contributed by atoms with Crippen molar-refractivity contribution in [2.45, 2.75) is 38.8 Å². The van der Waals surface area contributed by atoms with E-state index in [0.717, 1.165) is 25.8 Å². The van der Waals surface area contributed by atoms with Crippen LogP contribution in [0, 0.1) is 0 Å². The minimum Gasteiger partial charge on any atom is -0.407 e. The molecule has 0 bridgehead atoms. The Morgan fingerprint density at radius 2 is 1.95 bits per heavy atom. The van der Waals surface area contributed by atoms with Crippen LogP contribution in [0.3, 0.4) is 0 Å². The third-order valence-electron chi connectivity index (χ3n) is 3.55. The fourth-order valence-electron chi connectivity index (χ4n) is 2.59. The Bertz CT molecular complexity index is 542. The van der Waals surface area contributed by atoms with E-state index >= 15 is 0 Å². The van der Waals surface area contributed by atoms with Gasteiger partial charge in [0.15, 0.2) is 0 Å². The van der Waals surface area contributed by atoms with Crippen molar-refractivity contribution in [2.75, 3.05) is 11.9 Å². The molecule has 2 N–H and O–H groups in total. The van der Waals surface area contributed by atoms with Crippen molar-refractivity contribution in [1.29, 1.82) is 0 Å². The molecule has 0 saturated carbocycles. The molecular formula is C15H20N4O. The molecule has 20 heavy (non-hydrogen) atoms. The van der Waals surface area contributed by atoms with Crippen LogP contribution < -0.4 is 10.6 Å². The number of hydrogen-bond donors (Lipinski definition) is 2. The lowest BCUT2D eigenvalue weighted by molar-refractivity contribution is 0.473. The fourth-order valence-corrected chi connectivity index (χ4v) is 2.59. The van der Waals surface area contributed by atoms with Crippen LogP contribution >= 0.6 is 0 Å². The van der Waals surface area contributed by atoms with Crippen molar-refractivity contribution in [1.82, 2.24) is 15.5 Å². The second kappa shape index (κ2) is 6.05. The Morgan fingerprint density at radius 1 is 1.20 bits per heavy atom. The summed E-state index contributed by atoms with van der Waals surface area (Å²) in [7, 11) is 0. The van der Waals surface area contributed by atoms with E-state index in [1.807, 2.05) is 0 Å². The molecule has 1 aromatic carbocycles. The van der Waals surface area contributed by atoms with Gasteiger partial charge in [-0.1, -0.05) is 36.3 Å². The van der Waals surface area contributed by atoms with Gasteiger partial charge in [-0.15, -0.1) is 5.10 Å². The molecule has 1 heterocycles. The van der Waals surface area contributed by atoms with Crippen LogP contribution in [0.5, 0.6) is 0 Å². The summed E-state index contributed by atoms with van der Waals surface area (Å²) in [6, 6.07) is 9.42. The average Bonchev–Trinajstić information content (AvgIpc) is 3.05. The first kappa shape index (κ1) is 13.1. The van der Waals surface area contributed by atoms with Gasteiger partial charge in [-0.25, -0.2) is 0 Å². The summed E-state index contributed by atoms with van der Waals surface area (Å²) < 4.78 is 5.60. The van der Waals surface area contributed by atoms with Crippen molar-refractivity contribution in [3.05, 3.63) is 41.3 Å². The van der Waals surface area contributed by atoms with Crippen molar-refractivity contribution >= 4 is 6.01 Å². The van der Waals surface area contributed by atoms with Gasteiger partial charge in [0, 0.05) is 6.04 Å². The molecule has 0 amide bonds. The van der Waals surface area contributed by atoms with E-state index in [1.54, 1.807) is 0 Å². The third-order valence-corrected chi connectivity index (χ3v) is 3.55. The fraction of sp³-hybridized carbons (Fsp3) is 0.467. The summed E-state index contributed by atoms with van der Waals surface area (Å²) in [5.41, 5.74) is 2.82. The van der Waals surface area contributed by atoms with E-state index in [2.05, 4.69) is 52.0 Å². The summed E-state index contributed by atoms with van der Waals surface area (Å²) in [4.78, 5) is 0. The van der Waals surface area contributed by atoms with Gasteiger partial charge in [-0.3, -0.25) is 0 Å². The maximum absolute atomic E-state index is 5.60. The molecule has 0 unspecified atom stereocenters. The van der Waals surface area contributed by atoms with Gasteiger partial charge >= 0.3 is 6.01 Å². The van der Waals surface area contributed by atoms with Crippen molar-refractivity contribution in [3.8, 4) is 0 Å². The normalized spacial score (nSPS) is 14.4. The van der Waals surface area contributed by atoms with Gasteiger partial charge in [0.1, 0.15) is 0 Å². The monoisotopic (exact) mass is 272 g/mol. The lowest BCUT2D eigenvalue weighted by Gasteiger charge is -2.08. The van der Waals surface area contributed by atoms with Gasteiger partial charge < -0.3 is 15.1 Å². The van der Waals surface area contributed by atoms with Crippen molar-refractivity contribution in [2.24, 2.45) is 0 Å². The van der Waals surface area contributed by atoms with Gasteiger partial charge in [-0.05, 0) is 36.9 Å². The summed E-state index contributed by atoms with van der Waals surface area (Å²) >= 11 is 0. The molecule has 5 heteroatoms. The lowest BCUT2D eigenvalue weighted by atomic mass is 10.1. The number of rotatable bonds is 6. The Morgan fingerprint density at radius 3 is 2.65 bits per heavy atom. The number of aromatic nitrogens is 2. The SMILES string of the molecule is CCCNCc1nnc(NC2Cc3ccccc3C2)o1. The van der Waals surface area contributed by atoms with Crippen LogP contribution in [-0.4, -0.2) is 22.8 Å². The highest BCUT2D eigenvalue weighted by atomic mass is 16.4. The van der Waals surface area contributed by atoms with E-state index in [9.17, 15) is 0 Å². The summed E-state index contributed by atoms with van der Waals surface area (Å²) in [5.74, 6) is 0.636. The highest BCUT2D eigenvalue weighted by Crippen LogP contribution is 2.23. The maximum Gasteiger partial charge on any atom is 0.315 e. The van der Waals surface area contributed by atoms with E-state index in [1.165, 1.54) is 11.1 Å². The molecule has 0 aliphatic heterocycles. The predicted molar refractivity (Wildman–Crippen MR) is 77.6 cm³/mol. The quantitative estimate of drug-likeness (QED) is 0.789. The molecule has 0 radical (unpaired) electrons. The lowest BCUT2D eigenvalue weighted by Crippen LogP contribution is -2.19. The second-order valence-electron chi connectivity index (χ2n) is 5.20. The summed E-state index contributed by atoms with van der Waals surface area (Å²) in [6.45, 7) is 3.72. The average molecular weight is 272 g/mol. The molecular weight excluding hydrogens is 252 g/mol. The topological polar surface area (TPSA) is 63.0 Å². The Kier molecular flexibility index (Phi) is 3.97. The maximum atomic E-state index is 5.60. The smallest absolute Gasteiger partial charge is 0.315 e. The Hall–Kier alpha value is -1.88. The largest absolute Gasteiger partial charge is 0.407 e. The molecule has 0 spiro atoms. The first-order valence-corrected chi connectivity index (χ1v) is 7.21. The number of hydrogen-bond acceptors (Lipinski definition) is 5. The standard InChI is InChI=1S/C15H20N4O/c1-2-7-16-10-14-18-19-15(20-14)17-13-8-11-5-3-4-6-12(11)9-13/h3-6,13,16H,2,7-10H2,1H3,(H,17,19). The van der Waals surface area contributed by atoms with Crippen LogP contribution in [-0.2, 0) is 19.4 Å². The van der Waals surface area contributed by atoms with E-state index in [-0.39, 0.29) is 0 Å². The molecule has 0 atom stereocenters. The number of benzene rings is 1. The van der Waals surface area contributed by atoms with E-state index in [0.29, 0.717) is 24.5 Å². The van der Waals surface area contributed by atoms with Crippen molar-refractivity contribution < 1.29 is 4.42 Å². The Balaban J connectivity index is 1.55. The van der Waals surface area contributed by atoms with Crippen LogP contribution in [0.25, 0.3) is 0 Å². The highest BCUT2D eigenvalue weighted by molar-refractivity contribution is 5.37. The molecule has 1 aliphatic rings. The number of fused-ring (bicyclic) bond motifs is 1. The van der Waals surface area contributed by atoms with Crippen LogP contribution in [0.2, 0.25) is 0 Å². The first-order chi connectivity index (χ1) is 9.85. The molecule has 0 saturated heterocycles. The predicted octanol–water partition coefficient (Wildman–Crippen LogP) is 2.15. The van der Waals surface area contributed by atoms with E-state index in [4.69, 9.17) is 4.42 Å². The number of anilines is 1. The first-order valence-electron chi connectivity index (χ1n) is 7.21. The van der Waals surface area contributed by atoms with E-state index < -0.39 is 0 Å². The molecule has 5 nitrogen and oxygen atoms in total. The number of nitrogens with zero attached hydrogens (tertiary/aromatic N) is 2. The molecule has 3 rings (SSSR count). The summed E-state index contributed by atoms with van der Waals surface area (Å²) in [6.07, 6.45) is 3.13. The van der Waals surface area contributed by atoms with Gasteiger partial charge in [0.25, 0.3) is 0 Å². The van der Waals surface area contributed by atoms with Crippen LogP contribution in [0.15, 0.2) is 28.7 Å². The highest BCUT2D eigenvalue weighted by Gasteiger charge is 2.22. The van der Waals surface area contributed by atoms with Gasteiger partial charge in [0.05, 0.1) is 6.54 Å². The zero-order chi connectivity index (χ0) is 13.8. The minimum atomic E-state index is 0.351. The Labute approximate surface area is 118 Å². The second-order valence-corrected chi connectivity index (χ2v) is 5.20. The molecule has 2 aromatic rings. The molecule has 1 aromatic heterocycles. The molecule has 0 fully saturated rings. The molecule has 106 valence electrons. The summed E-state index contributed by atoms with van der Waals surface area (Å²) in [5, 5.41) is 14.7. The zero-order valence-corrected chi connectivity index (χ0v) is 11.7. The molecule has 1 aliphatic carbocycles. The zero-order valence-electron chi connectivity index (χ0n) is 11.7. The number of nitrogens with one attached hydrogen (secondary N) is 2.